The van der Waals surface area contributed by atoms with Gasteiger partial charge in [0.1, 0.15) is 0 Å². The molecule has 0 aliphatic carbocycles. The summed E-state index contributed by atoms with van der Waals surface area (Å²) in [5.74, 6) is 0.344. The molecule has 1 aromatic heterocycles. The lowest BCUT2D eigenvalue weighted by atomic mass is 10.1. The summed E-state index contributed by atoms with van der Waals surface area (Å²) in [6.07, 6.45) is -1.46. The van der Waals surface area contributed by atoms with Crippen LogP contribution in [0.5, 0.6) is 0 Å². The zero-order valence-electron chi connectivity index (χ0n) is 13.3. The predicted molar refractivity (Wildman–Crippen MR) is 86.6 cm³/mol. The number of alkyl halides is 3. The summed E-state index contributed by atoms with van der Waals surface area (Å²) in [5.41, 5.74) is 2.11. The molecule has 0 aliphatic rings. The maximum absolute atomic E-state index is 12.2. The van der Waals surface area contributed by atoms with Crippen LogP contribution in [0.2, 0.25) is 0 Å². The summed E-state index contributed by atoms with van der Waals surface area (Å²) in [6.45, 7) is 0.931. The highest BCUT2D eigenvalue weighted by atomic mass is 19.4. The van der Waals surface area contributed by atoms with Gasteiger partial charge < -0.3 is 10.6 Å². The number of nitrogens with zero attached hydrogens (tertiary/aromatic N) is 3. The van der Waals surface area contributed by atoms with E-state index in [1.165, 1.54) is 7.05 Å². The molecule has 2 aromatic rings. The number of hydrogen-bond donors (Lipinski definition) is 2. The lowest BCUT2D eigenvalue weighted by Crippen LogP contribution is -2.38. The number of rotatable bonds is 6. The van der Waals surface area contributed by atoms with E-state index in [1.54, 1.807) is 6.20 Å². The summed E-state index contributed by atoms with van der Waals surface area (Å²) in [4.78, 5) is 3.92. The summed E-state index contributed by atoms with van der Waals surface area (Å²) >= 11 is 0. The van der Waals surface area contributed by atoms with Gasteiger partial charge in [-0.25, -0.2) is 0 Å². The molecule has 0 saturated carbocycles. The normalized spacial score (nSPS) is 12.2. The molecule has 1 heterocycles. The van der Waals surface area contributed by atoms with E-state index in [0.29, 0.717) is 19.0 Å². The Hall–Kier alpha value is -2.51. The standard InChI is InChI=1S/C16H20F3N5/c1-20-15(21-8-6-16(17,18)19)22-11-13-4-2-5-14(10-13)12-24-9-3-7-23-24/h2-5,7,9-10H,6,8,11-12H2,1H3,(H2,20,21,22). The minimum Gasteiger partial charge on any atom is -0.356 e. The lowest BCUT2D eigenvalue weighted by molar-refractivity contribution is -0.132. The minimum absolute atomic E-state index is 0.206. The topological polar surface area (TPSA) is 54.2 Å². The van der Waals surface area contributed by atoms with Crippen LogP contribution in [-0.2, 0) is 13.1 Å². The molecule has 2 N–H and O–H groups in total. The van der Waals surface area contributed by atoms with E-state index in [1.807, 2.05) is 41.2 Å². The molecular formula is C16H20F3N5. The number of nitrogens with one attached hydrogen (secondary N) is 2. The fraction of sp³-hybridized carbons (Fsp3) is 0.375. The third-order valence-electron chi connectivity index (χ3n) is 3.28. The van der Waals surface area contributed by atoms with Gasteiger partial charge in [0.2, 0.25) is 0 Å². The van der Waals surface area contributed by atoms with E-state index in [0.717, 1.165) is 11.1 Å². The average molecular weight is 339 g/mol. The number of aliphatic imine (C=N–C) groups is 1. The molecule has 0 fully saturated rings. The second-order valence-electron chi connectivity index (χ2n) is 5.24. The van der Waals surface area contributed by atoms with Crippen molar-refractivity contribution in [2.75, 3.05) is 13.6 Å². The van der Waals surface area contributed by atoms with E-state index in [4.69, 9.17) is 0 Å². The third-order valence-corrected chi connectivity index (χ3v) is 3.28. The number of aromatic nitrogens is 2. The van der Waals surface area contributed by atoms with Gasteiger partial charge in [-0.3, -0.25) is 9.67 Å². The van der Waals surface area contributed by atoms with Crippen molar-refractivity contribution in [2.24, 2.45) is 4.99 Å². The molecule has 130 valence electrons. The lowest BCUT2D eigenvalue weighted by Gasteiger charge is -2.13. The van der Waals surface area contributed by atoms with Gasteiger partial charge in [-0.2, -0.15) is 18.3 Å². The Kier molecular flexibility index (Phi) is 6.22. The molecule has 0 amide bonds. The van der Waals surface area contributed by atoms with E-state index in [2.05, 4.69) is 20.7 Å². The highest BCUT2D eigenvalue weighted by molar-refractivity contribution is 5.79. The predicted octanol–water partition coefficient (Wildman–Crippen LogP) is 2.55. The van der Waals surface area contributed by atoms with Crippen LogP contribution in [0.3, 0.4) is 0 Å². The summed E-state index contributed by atoms with van der Waals surface area (Å²) < 4.78 is 38.3. The van der Waals surface area contributed by atoms with Gasteiger partial charge in [0.05, 0.1) is 13.0 Å². The van der Waals surface area contributed by atoms with E-state index in [9.17, 15) is 13.2 Å². The Morgan fingerprint density at radius 1 is 1.21 bits per heavy atom. The quantitative estimate of drug-likeness (QED) is 0.628. The Morgan fingerprint density at radius 2 is 2.00 bits per heavy atom. The fourth-order valence-corrected chi connectivity index (χ4v) is 2.15. The van der Waals surface area contributed by atoms with Crippen molar-refractivity contribution in [2.45, 2.75) is 25.7 Å². The highest BCUT2D eigenvalue weighted by Crippen LogP contribution is 2.18. The number of benzene rings is 1. The van der Waals surface area contributed by atoms with Gasteiger partial charge in [-0.15, -0.1) is 0 Å². The maximum atomic E-state index is 12.2. The van der Waals surface area contributed by atoms with Crippen molar-refractivity contribution in [1.82, 2.24) is 20.4 Å². The Labute approximate surface area is 138 Å². The van der Waals surface area contributed by atoms with Crippen LogP contribution in [0.25, 0.3) is 0 Å². The van der Waals surface area contributed by atoms with Crippen LogP contribution in [0.15, 0.2) is 47.7 Å². The summed E-state index contributed by atoms with van der Waals surface area (Å²) in [6, 6.07) is 9.78. The Morgan fingerprint density at radius 3 is 2.67 bits per heavy atom. The van der Waals surface area contributed by atoms with Gasteiger partial charge >= 0.3 is 6.18 Å². The highest BCUT2D eigenvalue weighted by Gasteiger charge is 2.26. The molecule has 1 aromatic carbocycles. The first-order valence-electron chi connectivity index (χ1n) is 7.53. The van der Waals surface area contributed by atoms with Gasteiger partial charge in [0.15, 0.2) is 5.96 Å². The molecule has 0 unspecified atom stereocenters. The Bertz CT molecular complexity index is 650. The fourth-order valence-electron chi connectivity index (χ4n) is 2.15. The van der Waals surface area contributed by atoms with Crippen molar-refractivity contribution in [3.8, 4) is 0 Å². The first-order chi connectivity index (χ1) is 11.5. The first-order valence-corrected chi connectivity index (χ1v) is 7.53. The Balaban J connectivity index is 1.84. The van der Waals surface area contributed by atoms with Crippen LogP contribution >= 0.6 is 0 Å². The number of guanidine groups is 1. The molecule has 5 nitrogen and oxygen atoms in total. The molecule has 0 bridgehead atoms. The van der Waals surface area contributed by atoms with E-state index in [-0.39, 0.29) is 6.54 Å². The number of hydrogen-bond acceptors (Lipinski definition) is 2. The van der Waals surface area contributed by atoms with Crippen LogP contribution < -0.4 is 10.6 Å². The van der Waals surface area contributed by atoms with Crippen LogP contribution in [0.1, 0.15) is 17.5 Å². The van der Waals surface area contributed by atoms with Gasteiger partial charge in [0, 0.05) is 32.5 Å². The molecule has 0 atom stereocenters. The summed E-state index contributed by atoms with van der Waals surface area (Å²) in [5, 5.41) is 9.82. The first kappa shape index (κ1) is 17.8. The molecule has 0 aliphatic heterocycles. The van der Waals surface area contributed by atoms with Crippen LogP contribution in [0, 0.1) is 0 Å². The SMILES string of the molecule is CN=C(NCCC(F)(F)F)NCc1cccc(Cn2cccn2)c1. The maximum Gasteiger partial charge on any atom is 0.390 e. The number of halogens is 3. The van der Waals surface area contributed by atoms with Gasteiger partial charge in [-0.1, -0.05) is 24.3 Å². The minimum atomic E-state index is -4.17. The van der Waals surface area contributed by atoms with Gasteiger partial charge in [-0.05, 0) is 17.2 Å². The molecule has 2 rings (SSSR count). The van der Waals surface area contributed by atoms with Crippen molar-refractivity contribution in [3.05, 3.63) is 53.9 Å². The summed E-state index contributed by atoms with van der Waals surface area (Å²) in [7, 11) is 1.52. The monoisotopic (exact) mass is 339 g/mol. The van der Waals surface area contributed by atoms with E-state index < -0.39 is 12.6 Å². The largest absolute Gasteiger partial charge is 0.390 e. The van der Waals surface area contributed by atoms with Crippen molar-refractivity contribution < 1.29 is 13.2 Å². The van der Waals surface area contributed by atoms with Crippen molar-refractivity contribution >= 4 is 5.96 Å². The molecular weight excluding hydrogens is 319 g/mol. The smallest absolute Gasteiger partial charge is 0.356 e. The molecule has 0 saturated heterocycles. The zero-order chi connectivity index (χ0) is 17.4. The van der Waals surface area contributed by atoms with Crippen LogP contribution in [0.4, 0.5) is 13.2 Å². The van der Waals surface area contributed by atoms with E-state index >= 15 is 0 Å². The van der Waals surface area contributed by atoms with Crippen LogP contribution in [-0.4, -0.2) is 35.5 Å². The third kappa shape index (κ3) is 6.31. The molecule has 24 heavy (non-hydrogen) atoms. The molecule has 8 heteroatoms. The van der Waals surface area contributed by atoms with Crippen molar-refractivity contribution in [1.29, 1.82) is 0 Å². The van der Waals surface area contributed by atoms with Gasteiger partial charge in [0.25, 0.3) is 0 Å². The molecule has 0 spiro atoms. The second kappa shape index (κ2) is 8.37. The van der Waals surface area contributed by atoms with Crippen molar-refractivity contribution in [3.63, 3.8) is 0 Å². The second-order valence-corrected chi connectivity index (χ2v) is 5.24. The average Bonchev–Trinajstić information content (AvgIpc) is 3.03. The zero-order valence-corrected chi connectivity index (χ0v) is 13.3. The molecule has 0 radical (unpaired) electrons.